The molecule has 39 heavy (non-hydrogen) atoms. The van der Waals surface area contributed by atoms with Crippen LogP contribution in [-0.4, -0.2) is 67.7 Å². The molecule has 1 saturated heterocycles. The van der Waals surface area contributed by atoms with Crippen molar-refractivity contribution in [2.75, 3.05) is 41.5 Å². The second-order valence-corrected chi connectivity index (χ2v) is 11.0. The van der Waals surface area contributed by atoms with Crippen LogP contribution in [0.2, 0.25) is 0 Å². The van der Waals surface area contributed by atoms with Crippen LogP contribution in [0.4, 0.5) is 0 Å². The fraction of sp³-hybridized carbons (Fsp3) is 0.552. The van der Waals surface area contributed by atoms with Crippen LogP contribution in [0.3, 0.4) is 0 Å². The molecule has 1 aliphatic carbocycles. The van der Waals surface area contributed by atoms with Gasteiger partial charge < -0.3 is 39.0 Å². The van der Waals surface area contributed by atoms with Crippen molar-refractivity contribution in [2.45, 2.75) is 44.4 Å². The lowest BCUT2D eigenvalue weighted by Crippen LogP contribution is -2.60. The molecule has 6 rings (SSSR count). The highest BCUT2D eigenvalue weighted by Gasteiger charge is 2.60. The van der Waals surface area contributed by atoms with Gasteiger partial charge in [-0.25, -0.2) is 0 Å². The molecule has 3 heterocycles. The lowest BCUT2D eigenvalue weighted by molar-refractivity contribution is -0.101. The number of fused-ring (bicyclic) bond motifs is 9. The molecule has 3 aliphatic heterocycles. The largest absolute Gasteiger partial charge is 0.507 e. The molecule has 3 unspecified atom stereocenters. The number of phenolic OH excluding ortho intramolecular Hbond substituents is 1. The molecule has 0 amide bonds. The van der Waals surface area contributed by atoms with Crippen LogP contribution < -0.4 is 18.9 Å². The number of benzene rings is 2. The third-order valence-electron chi connectivity index (χ3n) is 9.34. The summed E-state index contributed by atoms with van der Waals surface area (Å²) in [5, 5.41) is 44.9. The maximum Gasteiger partial charge on any atom is 0.231 e. The van der Waals surface area contributed by atoms with E-state index in [1.165, 1.54) is 0 Å². The number of ether oxygens (including phenoxy) is 5. The van der Waals surface area contributed by atoms with E-state index in [0.717, 1.165) is 16.7 Å². The minimum atomic E-state index is -1.15. The summed E-state index contributed by atoms with van der Waals surface area (Å²) >= 11 is 0. The van der Waals surface area contributed by atoms with Crippen LogP contribution in [0.5, 0.6) is 28.7 Å². The smallest absolute Gasteiger partial charge is 0.231 e. The van der Waals surface area contributed by atoms with Gasteiger partial charge in [-0.1, -0.05) is 6.07 Å². The highest BCUT2D eigenvalue weighted by Crippen LogP contribution is 2.65. The standard InChI is InChI=1S/C29H34N2O8/c1-12-6-14-7-17-15(8-30)19-16(9-32)20-22(24(33)13(2)27-29(20)39-11-38-27)25(34)21(19)23(31(17)3)18(14)28(26(12)36-5)37-10-35-4/h6,15-17,19,21,23,25,32-34H,7,9-11H2,1-5H3/t15-,16+,17?,19?,21+,23?,25+/m0/s1. The zero-order chi connectivity index (χ0) is 27.7. The number of piperidine rings is 1. The summed E-state index contributed by atoms with van der Waals surface area (Å²) < 4.78 is 28.7. The van der Waals surface area contributed by atoms with Crippen molar-refractivity contribution >= 4 is 0 Å². The summed E-state index contributed by atoms with van der Waals surface area (Å²) in [6, 6.07) is 4.06. The first-order valence-electron chi connectivity index (χ1n) is 13.2. The molecule has 1 fully saturated rings. The number of hydrogen-bond acceptors (Lipinski definition) is 10. The van der Waals surface area contributed by atoms with Gasteiger partial charge >= 0.3 is 0 Å². The first-order chi connectivity index (χ1) is 18.8. The molecule has 2 aromatic rings. The van der Waals surface area contributed by atoms with E-state index in [4.69, 9.17) is 23.7 Å². The molecule has 7 atom stereocenters. The highest BCUT2D eigenvalue weighted by atomic mass is 16.7. The Bertz CT molecular complexity index is 1370. The number of hydrogen-bond donors (Lipinski definition) is 3. The molecule has 4 aliphatic rings. The third-order valence-corrected chi connectivity index (χ3v) is 9.34. The van der Waals surface area contributed by atoms with E-state index in [1.54, 1.807) is 21.1 Å². The Morgan fingerprint density at radius 2 is 1.85 bits per heavy atom. The average molecular weight is 539 g/mol. The number of methoxy groups -OCH3 is 2. The van der Waals surface area contributed by atoms with Crippen LogP contribution in [-0.2, 0) is 11.2 Å². The molecular weight excluding hydrogens is 504 g/mol. The van der Waals surface area contributed by atoms with Crippen molar-refractivity contribution < 1.29 is 39.0 Å². The van der Waals surface area contributed by atoms with Crippen molar-refractivity contribution in [3.05, 3.63) is 39.4 Å². The van der Waals surface area contributed by atoms with Gasteiger partial charge in [0.15, 0.2) is 29.8 Å². The maximum absolute atomic E-state index is 12.2. The number of phenols is 1. The maximum atomic E-state index is 12.2. The van der Waals surface area contributed by atoms with Crippen LogP contribution in [0, 0.1) is 42.9 Å². The molecule has 10 nitrogen and oxygen atoms in total. The van der Waals surface area contributed by atoms with Gasteiger partial charge in [-0.05, 0) is 44.4 Å². The van der Waals surface area contributed by atoms with Gasteiger partial charge in [0.2, 0.25) is 6.79 Å². The molecule has 0 radical (unpaired) electrons. The topological polar surface area (TPSA) is 134 Å². The zero-order valence-corrected chi connectivity index (χ0v) is 22.7. The van der Waals surface area contributed by atoms with Gasteiger partial charge in [0.25, 0.3) is 0 Å². The van der Waals surface area contributed by atoms with Crippen LogP contribution in [0.1, 0.15) is 51.4 Å². The summed E-state index contributed by atoms with van der Waals surface area (Å²) in [7, 11) is 5.11. The molecule has 208 valence electrons. The van der Waals surface area contributed by atoms with E-state index >= 15 is 0 Å². The predicted octanol–water partition coefficient (Wildman–Crippen LogP) is 2.84. The van der Waals surface area contributed by atoms with Crippen molar-refractivity contribution in [3.63, 3.8) is 0 Å². The van der Waals surface area contributed by atoms with Crippen molar-refractivity contribution in [1.82, 2.24) is 4.90 Å². The number of aliphatic hydroxyl groups excluding tert-OH is 2. The SMILES string of the molecule is COCOc1c(OC)c(C)cc2c1C1[C@H]3C([C@@H](C#N)C(C2)N1C)[C@@H](CO)c1c2c(c(C)c(O)c1[C@@H]3O)OCO2. The number of likely N-dealkylation sites (N-methyl/N-ethyl adjacent to an activating group) is 1. The summed E-state index contributed by atoms with van der Waals surface area (Å²) in [6.45, 7) is 3.38. The van der Waals surface area contributed by atoms with E-state index in [9.17, 15) is 20.6 Å². The van der Waals surface area contributed by atoms with Crippen molar-refractivity contribution in [2.24, 2.45) is 17.8 Å². The van der Waals surface area contributed by atoms with Crippen molar-refractivity contribution in [3.8, 4) is 34.8 Å². The van der Waals surface area contributed by atoms with Gasteiger partial charge in [-0.3, -0.25) is 4.90 Å². The molecule has 0 spiro atoms. The highest BCUT2D eigenvalue weighted by molar-refractivity contribution is 5.67. The lowest BCUT2D eigenvalue weighted by atomic mass is 9.54. The Morgan fingerprint density at radius 1 is 1.10 bits per heavy atom. The van der Waals surface area contributed by atoms with Gasteiger partial charge in [0.1, 0.15) is 5.75 Å². The minimum absolute atomic E-state index is 0.00907. The minimum Gasteiger partial charge on any atom is -0.507 e. The van der Waals surface area contributed by atoms with E-state index in [2.05, 4.69) is 17.0 Å². The Morgan fingerprint density at radius 3 is 2.51 bits per heavy atom. The Labute approximate surface area is 227 Å². The monoisotopic (exact) mass is 538 g/mol. The van der Waals surface area contributed by atoms with Gasteiger partial charge in [-0.2, -0.15) is 5.26 Å². The zero-order valence-electron chi connectivity index (χ0n) is 22.7. The predicted molar refractivity (Wildman–Crippen MR) is 138 cm³/mol. The first-order valence-corrected chi connectivity index (χ1v) is 13.2. The summed E-state index contributed by atoms with van der Waals surface area (Å²) in [5.41, 5.74) is 4.12. The van der Waals surface area contributed by atoms with Gasteiger partial charge in [-0.15, -0.1) is 0 Å². The Hall–Kier alpha value is -3.23. The number of nitriles is 1. The van der Waals surface area contributed by atoms with Crippen molar-refractivity contribution in [1.29, 1.82) is 5.26 Å². The van der Waals surface area contributed by atoms with Crippen LogP contribution in [0.25, 0.3) is 0 Å². The molecule has 10 heteroatoms. The molecular formula is C29H34N2O8. The van der Waals surface area contributed by atoms with Crippen LogP contribution >= 0.6 is 0 Å². The third kappa shape index (κ3) is 3.40. The second kappa shape index (κ2) is 9.45. The van der Waals surface area contributed by atoms with Gasteiger partial charge in [0, 0.05) is 53.3 Å². The lowest BCUT2D eigenvalue weighted by Gasteiger charge is -2.59. The quantitative estimate of drug-likeness (QED) is 0.488. The molecule has 2 aromatic carbocycles. The fourth-order valence-corrected chi connectivity index (χ4v) is 7.85. The summed E-state index contributed by atoms with van der Waals surface area (Å²) in [5.74, 6) is -0.149. The summed E-state index contributed by atoms with van der Waals surface area (Å²) in [4.78, 5) is 2.14. The Kier molecular flexibility index (Phi) is 6.31. The van der Waals surface area contributed by atoms with Gasteiger partial charge in [0.05, 0.1) is 31.8 Å². The number of rotatable bonds is 5. The second-order valence-electron chi connectivity index (χ2n) is 11.0. The van der Waals surface area contributed by atoms with E-state index in [0.29, 0.717) is 46.1 Å². The average Bonchev–Trinajstić information content (AvgIpc) is 3.41. The normalized spacial score (nSPS) is 30.2. The van der Waals surface area contributed by atoms with E-state index < -0.39 is 35.8 Å². The molecule has 3 N–H and O–H groups in total. The number of nitrogens with zero attached hydrogens (tertiary/aromatic N) is 2. The van der Waals surface area contributed by atoms with E-state index in [-0.39, 0.29) is 32.0 Å². The molecule has 0 aromatic heterocycles. The number of aryl methyl sites for hydroxylation is 1. The molecule has 0 saturated carbocycles. The fourth-order valence-electron chi connectivity index (χ4n) is 7.85. The first kappa shape index (κ1) is 26.0. The Balaban J connectivity index is 1.63. The number of aliphatic hydroxyl groups is 2. The van der Waals surface area contributed by atoms with E-state index in [1.807, 2.05) is 14.0 Å². The van der Waals surface area contributed by atoms with Crippen LogP contribution in [0.15, 0.2) is 6.07 Å². The number of aromatic hydroxyl groups is 1. The summed E-state index contributed by atoms with van der Waals surface area (Å²) in [6.07, 6.45) is -0.561. The molecule has 2 bridgehead atoms.